The lowest BCUT2D eigenvalue weighted by Gasteiger charge is -2.36. The highest BCUT2D eigenvalue weighted by Gasteiger charge is 2.37. The van der Waals surface area contributed by atoms with E-state index in [-0.39, 0.29) is 29.9 Å². The first kappa shape index (κ1) is 20.6. The van der Waals surface area contributed by atoms with E-state index in [1.807, 2.05) is 0 Å². The van der Waals surface area contributed by atoms with Gasteiger partial charge in [-0.3, -0.25) is 0 Å². The van der Waals surface area contributed by atoms with Crippen LogP contribution in [0.15, 0.2) is 30.5 Å². The van der Waals surface area contributed by atoms with Crippen LogP contribution in [0.1, 0.15) is 11.1 Å². The van der Waals surface area contributed by atoms with E-state index in [1.165, 1.54) is 17.2 Å². The molecule has 0 aliphatic carbocycles. The van der Waals surface area contributed by atoms with Gasteiger partial charge < -0.3 is 14.8 Å². The molecular weight excluding hydrogens is 436 g/mol. The number of alkyl halides is 6. The second kappa shape index (κ2) is 7.22. The molecule has 1 saturated heterocycles. The molecule has 3 aromatic rings. The Labute approximate surface area is 171 Å². The predicted octanol–water partition coefficient (Wildman–Crippen LogP) is 4.98. The van der Waals surface area contributed by atoms with Crippen LogP contribution in [0.4, 0.5) is 38.1 Å². The van der Waals surface area contributed by atoms with E-state index in [4.69, 9.17) is 11.6 Å². The third-order valence-electron chi connectivity index (χ3n) is 4.83. The Morgan fingerprint density at radius 2 is 1.53 bits per heavy atom. The van der Waals surface area contributed by atoms with Gasteiger partial charge in [0.2, 0.25) is 5.95 Å². The number of fused-ring (bicyclic) bond motifs is 1. The molecule has 2 aromatic heterocycles. The molecule has 4 rings (SSSR count). The molecule has 1 aliphatic rings. The summed E-state index contributed by atoms with van der Waals surface area (Å²) in [5, 5.41) is -0.451. The lowest BCUT2D eigenvalue weighted by atomic mass is 10.2. The van der Waals surface area contributed by atoms with Crippen molar-refractivity contribution < 1.29 is 26.3 Å². The van der Waals surface area contributed by atoms with E-state index in [0.717, 1.165) is 18.2 Å². The van der Waals surface area contributed by atoms with Crippen molar-refractivity contribution in [3.8, 4) is 0 Å². The van der Waals surface area contributed by atoms with Gasteiger partial charge in [0.15, 0.2) is 0 Å². The smallest absolute Gasteiger partial charge is 0.353 e. The van der Waals surface area contributed by atoms with E-state index in [1.54, 1.807) is 4.90 Å². The summed E-state index contributed by atoms with van der Waals surface area (Å²) in [5.41, 5.74) is -1.33. The van der Waals surface area contributed by atoms with Crippen molar-refractivity contribution in [2.45, 2.75) is 12.4 Å². The summed E-state index contributed by atoms with van der Waals surface area (Å²) in [6, 6.07) is 4.25. The highest BCUT2D eigenvalue weighted by molar-refractivity contribution is 6.32. The number of anilines is 2. The second-order valence-corrected chi connectivity index (χ2v) is 7.16. The van der Waals surface area contributed by atoms with Gasteiger partial charge in [-0.05, 0) is 24.3 Å². The highest BCUT2D eigenvalue weighted by Crippen LogP contribution is 2.38. The summed E-state index contributed by atoms with van der Waals surface area (Å²) in [7, 11) is 0. The van der Waals surface area contributed by atoms with Crippen LogP contribution in [0.5, 0.6) is 0 Å². The number of imidazole rings is 1. The number of hydrogen-bond donors (Lipinski definition) is 1. The number of rotatable bonds is 2. The molecule has 0 bridgehead atoms. The van der Waals surface area contributed by atoms with Gasteiger partial charge in [-0.1, -0.05) is 11.6 Å². The zero-order valence-corrected chi connectivity index (χ0v) is 15.9. The fourth-order valence-electron chi connectivity index (χ4n) is 3.39. The maximum atomic E-state index is 13.2. The normalized spacial score (nSPS) is 15.8. The standard InChI is InChI=1S/C18H14ClF6N5/c19-12-9-14-13(8-11(12)18(23,24)25)27-16(28-14)30-6-4-29(5-7-30)15-10(17(20,21)22)2-1-3-26-15/h1-3,8-9H,4-7H2,(H,27,28). The quantitative estimate of drug-likeness (QED) is 0.561. The maximum absolute atomic E-state index is 13.2. The Morgan fingerprint density at radius 3 is 2.17 bits per heavy atom. The molecule has 1 aromatic carbocycles. The first-order valence-electron chi connectivity index (χ1n) is 8.82. The molecule has 30 heavy (non-hydrogen) atoms. The van der Waals surface area contributed by atoms with E-state index in [9.17, 15) is 26.3 Å². The van der Waals surface area contributed by atoms with Crippen molar-refractivity contribution in [2.24, 2.45) is 0 Å². The van der Waals surface area contributed by atoms with Crippen LogP contribution in [0, 0.1) is 0 Å². The van der Waals surface area contributed by atoms with E-state index >= 15 is 0 Å². The Morgan fingerprint density at radius 1 is 0.900 bits per heavy atom. The van der Waals surface area contributed by atoms with Crippen molar-refractivity contribution in [1.29, 1.82) is 0 Å². The van der Waals surface area contributed by atoms with Gasteiger partial charge in [-0.2, -0.15) is 26.3 Å². The van der Waals surface area contributed by atoms with Crippen molar-refractivity contribution in [1.82, 2.24) is 15.0 Å². The average molecular weight is 450 g/mol. The average Bonchev–Trinajstić information content (AvgIpc) is 3.09. The van der Waals surface area contributed by atoms with Crippen LogP contribution >= 0.6 is 11.6 Å². The van der Waals surface area contributed by atoms with Crippen molar-refractivity contribution in [3.63, 3.8) is 0 Å². The molecule has 0 unspecified atom stereocenters. The molecule has 0 saturated carbocycles. The minimum absolute atomic E-state index is 0.143. The van der Waals surface area contributed by atoms with Crippen LogP contribution < -0.4 is 9.80 Å². The number of aromatic nitrogens is 3. The summed E-state index contributed by atoms with van der Waals surface area (Å²) in [6.45, 7) is 1.11. The van der Waals surface area contributed by atoms with Crippen molar-refractivity contribution in [2.75, 3.05) is 36.0 Å². The Hall–Kier alpha value is -2.69. The predicted molar refractivity (Wildman–Crippen MR) is 99.8 cm³/mol. The topological polar surface area (TPSA) is 48.1 Å². The Kier molecular flexibility index (Phi) is 4.95. The van der Waals surface area contributed by atoms with Crippen LogP contribution in [0.2, 0.25) is 5.02 Å². The third kappa shape index (κ3) is 3.85. The molecule has 160 valence electrons. The largest absolute Gasteiger partial charge is 0.419 e. The molecule has 5 nitrogen and oxygen atoms in total. The number of halogens is 7. The van der Waals surface area contributed by atoms with Crippen LogP contribution in [-0.2, 0) is 12.4 Å². The number of piperazine rings is 1. The van der Waals surface area contributed by atoms with Crippen LogP contribution in [-0.4, -0.2) is 41.1 Å². The van der Waals surface area contributed by atoms with Gasteiger partial charge in [0.05, 0.1) is 27.2 Å². The van der Waals surface area contributed by atoms with Crippen LogP contribution in [0.25, 0.3) is 11.0 Å². The summed E-state index contributed by atoms with van der Waals surface area (Å²) in [4.78, 5) is 14.3. The van der Waals surface area contributed by atoms with Crippen molar-refractivity contribution in [3.05, 3.63) is 46.6 Å². The number of nitrogens with one attached hydrogen (secondary N) is 1. The first-order valence-corrected chi connectivity index (χ1v) is 9.20. The van der Waals surface area contributed by atoms with Gasteiger partial charge in [-0.15, -0.1) is 0 Å². The molecule has 0 atom stereocenters. The highest BCUT2D eigenvalue weighted by atomic mass is 35.5. The molecule has 0 spiro atoms. The minimum atomic E-state index is -4.60. The third-order valence-corrected chi connectivity index (χ3v) is 5.15. The number of benzene rings is 1. The van der Waals surface area contributed by atoms with Gasteiger partial charge in [0.1, 0.15) is 5.82 Å². The minimum Gasteiger partial charge on any atom is -0.353 e. The molecule has 1 aliphatic heterocycles. The molecule has 1 N–H and O–H groups in total. The molecule has 12 heteroatoms. The number of hydrogen-bond acceptors (Lipinski definition) is 4. The van der Waals surface area contributed by atoms with Gasteiger partial charge in [0, 0.05) is 32.4 Å². The summed E-state index contributed by atoms with van der Waals surface area (Å²) in [6.07, 6.45) is -7.81. The lowest BCUT2D eigenvalue weighted by Crippen LogP contribution is -2.47. The van der Waals surface area contributed by atoms with Gasteiger partial charge in [0.25, 0.3) is 0 Å². The second-order valence-electron chi connectivity index (χ2n) is 6.75. The SMILES string of the molecule is FC(F)(F)c1cc2[nH]c(N3CCN(c4ncccc4C(F)(F)F)CC3)nc2cc1Cl. The van der Waals surface area contributed by atoms with E-state index in [0.29, 0.717) is 19.0 Å². The molecule has 3 heterocycles. The number of nitrogens with zero attached hydrogens (tertiary/aromatic N) is 4. The number of aromatic amines is 1. The van der Waals surface area contributed by atoms with Crippen molar-refractivity contribution >= 4 is 34.4 Å². The van der Waals surface area contributed by atoms with Gasteiger partial charge >= 0.3 is 12.4 Å². The van der Waals surface area contributed by atoms with Gasteiger partial charge in [-0.25, -0.2) is 9.97 Å². The number of H-pyrrole nitrogens is 1. The Balaban J connectivity index is 1.55. The summed E-state index contributed by atoms with van der Waals surface area (Å²) < 4.78 is 78.8. The van der Waals surface area contributed by atoms with Crippen LogP contribution in [0.3, 0.4) is 0 Å². The summed E-state index contributed by atoms with van der Waals surface area (Å²) >= 11 is 5.73. The number of pyridine rings is 1. The fourth-order valence-corrected chi connectivity index (χ4v) is 3.65. The molecule has 0 radical (unpaired) electrons. The van der Waals surface area contributed by atoms with E-state index in [2.05, 4.69) is 15.0 Å². The fraction of sp³-hybridized carbons (Fsp3) is 0.333. The first-order chi connectivity index (χ1) is 14.0. The van der Waals surface area contributed by atoms with E-state index < -0.39 is 28.5 Å². The summed E-state index contributed by atoms with van der Waals surface area (Å²) in [5.74, 6) is 0.188. The molecule has 1 fully saturated rings. The lowest BCUT2D eigenvalue weighted by molar-refractivity contribution is -0.138. The zero-order chi connectivity index (χ0) is 21.7. The molecule has 0 amide bonds. The zero-order valence-electron chi connectivity index (χ0n) is 15.1. The maximum Gasteiger partial charge on any atom is 0.419 e. The monoisotopic (exact) mass is 449 g/mol. The molecular formula is C18H14ClF6N5. The Bertz CT molecular complexity index is 1070.